The maximum atomic E-state index is 10.3. The molecule has 0 aliphatic carbocycles. The van der Waals surface area contributed by atoms with Gasteiger partial charge in [-0.25, -0.2) is 0 Å². The minimum absolute atomic E-state index is 0.208. The Morgan fingerprint density at radius 3 is 0.821 bits per heavy atom. The quantitative estimate of drug-likeness (QED) is 0.122. The number of rotatable bonds is 22. The van der Waals surface area contributed by atoms with Gasteiger partial charge in [0.05, 0.1) is 0 Å². The molecule has 0 unspecified atom stereocenters. The SMILES string of the molecule is CCCCCCCCCCCCP(O)(O)(O)CCCCCCCCCCCC. The molecule has 0 amide bonds. The van der Waals surface area contributed by atoms with Crippen molar-refractivity contribution in [3.63, 3.8) is 0 Å². The predicted octanol–water partition coefficient (Wildman–Crippen LogP) is 8.10. The third kappa shape index (κ3) is 21.0. The summed E-state index contributed by atoms with van der Waals surface area (Å²) in [6.45, 7) is 4.49. The molecule has 0 aliphatic heterocycles. The molecule has 0 aliphatic rings. The first-order valence-electron chi connectivity index (χ1n) is 12.6. The van der Waals surface area contributed by atoms with Crippen molar-refractivity contribution in [2.24, 2.45) is 0 Å². The van der Waals surface area contributed by atoms with E-state index >= 15 is 0 Å². The van der Waals surface area contributed by atoms with Gasteiger partial charge < -0.3 is 0 Å². The Labute approximate surface area is 176 Å². The summed E-state index contributed by atoms with van der Waals surface area (Å²) in [5, 5.41) is 0. The molecule has 0 fully saturated rings. The molecular formula is C24H53O3P. The molecule has 0 bridgehead atoms. The third-order valence-corrected chi connectivity index (χ3v) is 8.40. The zero-order valence-corrected chi connectivity index (χ0v) is 20.2. The summed E-state index contributed by atoms with van der Waals surface area (Å²) in [5.41, 5.74) is 0. The molecule has 3 N–H and O–H groups in total. The normalized spacial score (nSPS) is 13.5. The van der Waals surface area contributed by atoms with Crippen LogP contribution in [0.15, 0.2) is 0 Å². The van der Waals surface area contributed by atoms with Gasteiger partial charge in [0.1, 0.15) is 0 Å². The molecule has 0 spiro atoms. The van der Waals surface area contributed by atoms with E-state index in [0.29, 0.717) is 0 Å². The van der Waals surface area contributed by atoms with Crippen molar-refractivity contribution in [3.8, 4) is 0 Å². The van der Waals surface area contributed by atoms with Gasteiger partial charge in [-0.2, -0.15) is 0 Å². The van der Waals surface area contributed by atoms with Crippen LogP contribution in [0.5, 0.6) is 0 Å². The summed E-state index contributed by atoms with van der Waals surface area (Å²) >= 11 is 0. The first kappa shape index (κ1) is 28.3. The van der Waals surface area contributed by atoms with E-state index in [-0.39, 0.29) is 12.3 Å². The summed E-state index contributed by atoms with van der Waals surface area (Å²) < 4.78 is 0. The molecule has 0 aromatic carbocycles. The van der Waals surface area contributed by atoms with Gasteiger partial charge in [-0.1, -0.05) is 0 Å². The summed E-state index contributed by atoms with van der Waals surface area (Å²) in [6.07, 6.45) is 24.7. The fraction of sp³-hybridized carbons (Fsp3) is 1.00. The second-order valence-corrected chi connectivity index (χ2v) is 12.7. The van der Waals surface area contributed by atoms with Crippen LogP contribution in [-0.4, -0.2) is 27.0 Å². The van der Waals surface area contributed by atoms with Crippen LogP contribution >= 0.6 is 7.28 Å². The Balaban J connectivity index is 3.51. The van der Waals surface area contributed by atoms with Gasteiger partial charge in [0, 0.05) is 0 Å². The molecule has 0 radical (unpaired) electrons. The zero-order valence-electron chi connectivity index (χ0n) is 19.3. The molecule has 0 saturated heterocycles. The Morgan fingerprint density at radius 1 is 0.357 bits per heavy atom. The summed E-state index contributed by atoms with van der Waals surface area (Å²) in [6, 6.07) is 0. The number of hydrogen-bond donors (Lipinski definition) is 3. The number of hydrogen-bond acceptors (Lipinski definition) is 3. The molecule has 0 aromatic rings. The maximum absolute atomic E-state index is 10.3. The van der Waals surface area contributed by atoms with E-state index in [1.165, 1.54) is 89.9 Å². The topological polar surface area (TPSA) is 60.7 Å². The molecular weight excluding hydrogens is 367 g/mol. The minimum atomic E-state index is -4.36. The van der Waals surface area contributed by atoms with Crippen molar-refractivity contribution < 1.29 is 14.7 Å². The Bertz CT molecular complexity index is 298. The van der Waals surface area contributed by atoms with Gasteiger partial charge in [-0.15, -0.1) is 0 Å². The average molecular weight is 421 g/mol. The number of unbranched alkanes of at least 4 members (excludes halogenated alkanes) is 18. The molecule has 3 nitrogen and oxygen atoms in total. The first-order chi connectivity index (χ1) is 13.4. The van der Waals surface area contributed by atoms with Crippen LogP contribution in [0, 0.1) is 0 Å². The van der Waals surface area contributed by atoms with Gasteiger partial charge in [0.15, 0.2) is 0 Å². The predicted molar refractivity (Wildman–Crippen MR) is 127 cm³/mol. The van der Waals surface area contributed by atoms with Crippen LogP contribution < -0.4 is 0 Å². The van der Waals surface area contributed by atoms with Crippen LogP contribution in [0.2, 0.25) is 0 Å². The molecule has 0 aromatic heterocycles. The van der Waals surface area contributed by atoms with E-state index in [2.05, 4.69) is 13.8 Å². The Kier molecular flexibility index (Phi) is 18.3. The van der Waals surface area contributed by atoms with E-state index in [0.717, 1.165) is 38.5 Å². The third-order valence-electron chi connectivity index (χ3n) is 5.94. The standard InChI is InChI=1S/C24H53O3P/c1-3-5-7-9-11-13-15-17-19-21-23-28(25,26,27)24-22-20-18-16-14-12-10-8-6-4-2/h25-27H,3-24H2,1-2H3. The van der Waals surface area contributed by atoms with Crippen molar-refractivity contribution in [3.05, 3.63) is 0 Å². The van der Waals surface area contributed by atoms with Crippen molar-refractivity contribution in [2.75, 3.05) is 12.3 Å². The Hall–Kier alpha value is 0.310. The van der Waals surface area contributed by atoms with Gasteiger partial charge in [-0.3, -0.25) is 0 Å². The van der Waals surface area contributed by atoms with E-state index in [1.807, 2.05) is 0 Å². The van der Waals surface area contributed by atoms with Crippen LogP contribution in [0.25, 0.3) is 0 Å². The molecule has 0 heterocycles. The zero-order chi connectivity index (χ0) is 21.0. The van der Waals surface area contributed by atoms with Crippen LogP contribution in [0.4, 0.5) is 0 Å². The van der Waals surface area contributed by atoms with Crippen LogP contribution in [0.3, 0.4) is 0 Å². The molecule has 172 valence electrons. The molecule has 0 rings (SSSR count). The van der Waals surface area contributed by atoms with Gasteiger partial charge in [-0.05, 0) is 0 Å². The second kappa shape index (κ2) is 18.1. The van der Waals surface area contributed by atoms with Crippen molar-refractivity contribution >= 4 is 7.28 Å². The first-order valence-corrected chi connectivity index (χ1v) is 15.1. The molecule has 28 heavy (non-hydrogen) atoms. The second-order valence-electron chi connectivity index (χ2n) is 9.15. The van der Waals surface area contributed by atoms with Crippen molar-refractivity contribution in [1.29, 1.82) is 0 Å². The van der Waals surface area contributed by atoms with Crippen molar-refractivity contribution in [2.45, 2.75) is 142 Å². The van der Waals surface area contributed by atoms with E-state index in [4.69, 9.17) is 0 Å². The Morgan fingerprint density at radius 2 is 0.571 bits per heavy atom. The van der Waals surface area contributed by atoms with E-state index in [1.54, 1.807) is 0 Å². The summed E-state index contributed by atoms with van der Waals surface area (Å²) in [5.74, 6) is 0. The van der Waals surface area contributed by atoms with Crippen molar-refractivity contribution in [1.82, 2.24) is 0 Å². The molecule has 0 saturated carbocycles. The van der Waals surface area contributed by atoms with Gasteiger partial charge in [0.25, 0.3) is 0 Å². The summed E-state index contributed by atoms with van der Waals surface area (Å²) in [4.78, 5) is 30.8. The molecule has 0 atom stereocenters. The van der Waals surface area contributed by atoms with E-state index in [9.17, 15) is 14.7 Å². The fourth-order valence-corrected chi connectivity index (χ4v) is 5.92. The molecule has 4 heteroatoms. The van der Waals surface area contributed by atoms with E-state index < -0.39 is 7.28 Å². The monoisotopic (exact) mass is 420 g/mol. The summed E-state index contributed by atoms with van der Waals surface area (Å²) in [7, 11) is -4.36. The fourth-order valence-electron chi connectivity index (χ4n) is 3.96. The van der Waals surface area contributed by atoms with Gasteiger partial charge >= 0.3 is 177 Å². The van der Waals surface area contributed by atoms with Crippen LogP contribution in [0.1, 0.15) is 142 Å². The van der Waals surface area contributed by atoms with Gasteiger partial charge in [0.2, 0.25) is 0 Å². The van der Waals surface area contributed by atoms with Crippen LogP contribution in [-0.2, 0) is 0 Å². The average Bonchev–Trinajstić information content (AvgIpc) is 2.64.